The van der Waals surface area contributed by atoms with Crippen molar-refractivity contribution in [3.63, 3.8) is 0 Å². The first-order chi connectivity index (χ1) is 14.5. The zero-order valence-corrected chi connectivity index (χ0v) is 18.0. The number of nitrogens with one attached hydrogen (secondary N) is 1. The summed E-state index contributed by atoms with van der Waals surface area (Å²) in [6.45, 7) is 4.07. The van der Waals surface area contributed by atoms with Gasteiger partial charge < -0.3 is 25.4 Å². The second-order valence-corrected chi connectivity index (χ2v) is 9.38. The number of carbonyl (C=O) groups is 1. The molecule has 2 bridgehead atoms. The first-order valence-electron chi connectivity index (χ1n) is 10.2. The van der Waals surface area contributed by atoms with Gasteiger partial charge in [0.2, 0.25) is 0 Å². The number of rotatable bonds is 5. The highest BCUT2D eigenvalue weighted by atomic mass is 35.5. The predicted octanol–water partition coefficient (Wildman–Crippen LogP) is 4.60. The number of halogens is 2. The number of anilines is 1. The number of hydrogen-bond donors (Lipinski definition) is 4. The van der Waals surface area contributed by atoms with Crippen molar-refractivity contribution in [3.8, 4) is 11.5 Å². The van der Waals surface area contributed by atoms with Crippen molar-refractivity contribution >= 4 is 23.3 Å². The molecule has 3 atom stereocenters. The van der Waals surface area contributed by atoms with E-state index in [1.54, 1.807) is 6.07 Å². The Balaban J connectivity index is 1.49. The molecule has 2 aromatic carbocycles. The summed E-state index contributed by atoms with van der Waals surface area (Å²) in [7, 11) is 0. The van der Waals surface area contributed by atoms with E-state index >= 15 is 0 Å². The molecule has 3 unspecified atom stereocenters. The van der Waals surface area contributed by atoms with Crippen LogP contribution in [0.4, 0.5) is 10.1 Å². The summed E-state index contributed by atoms with van der Waals surface area (Å²) in [6.07, 6.45) is 1.37. The van der Waals surface area contributed by atoms with Crippen LogP contribution in [0.1, 0.15) is 49.0 Å². The molecule has 0 aliphatic heterocycles. The lowest BCUT2D eigenvalue weighted by Crippen LogP contribution is -2.49. The molecule has 4 rings (SSSR count). The monoisotopic (exact) mass is 449 g/mol. The number of esters is 1. The van der Waals surface area contributed by atoms with E-state index in [0.29, 0.717) is 24.4 Å². The van der Waals surface area contributed by atoms with Crippen LogP contribution in [-0.2, 0) is 11.3 Å². The Morgan fingerprint density at radius 2 is 2.03 bits per heavy atom. The fourth-order valence-corrected chi connectivity index (χ4v) is 5.35. The third-order valence-corrected chi connectivity index (χ3v) is 7.39. The molecule has 0 saturated heterocycles. The molecule has 2 fully saturated rings. The van der Waals surface area contributed by atoms with Crippen LogP contribution in [0.5, 0.6) is 11.5 Å². The highest BCUT2D eigenvalue weighted by Gasteiger charge is 2.66. The molecule has 0 amide bonds. The smallest absolute Gasteiger partial charge is 0.342 e. The largest absolute Gasteiger partial charge is 0.507 e. The van der Waals surface area contributed by atoms with Crippen LogP contribution in [0.2, 0.25) is 5.02 Å². The lowest BCUT2D eigenvalue weighted by atomic mass is 9.78. The lowest BCUT2D eigenvalue weighted by molar-refractivity contribution is -0.114. The van der Waals surface area contributed by atoms with Crippen molar-refractivity contribution in [1.29, 1.82) is 0 Å². The Morgan fingerprint density at radius 3 is 2.65 bits per heavy atom. The van der Waals surface area contributed by atoms with Crippen molar-refractivity contribution in [2.75, 3.05) is 5.32 Å². The minimum absolute atomic E-state index is 0.00470. The Bertz CT molecular complexity index is 1040. The van der Waals surface area contributed by atoms with E-state index in [1.165, 1.54) is 12.1 Å². The third kappa shape index (κ3) is 3.49. The van der Waals surface area contributed by atoms with Gasteiger partial charge in [0.1, 0.15) is 28.5 Å². The molecule has 31 heavy (non-hydrogen) atoms. The molecule has 0 heterocycles. The van der Waals surface area contributed by atoms with E-state index in [1.807, 2.05) is 13.8 Å². The number of aliphatic hydroxyl groups excluding tert-OH is 1. The summed E-state index contributed by atoms with van der Waals surface area (Å²) in [4.78, 5) is 12.8. The molecule has 2 aromatic rings. The number of ether oxygens (including phenoxy) is 1. The van der Waals surface area contributed by atoms with E-state index in [0.717, 1.165) is 18.6 Å². The molecule has 0 spiro atoms. The maximum Gasteiger partial charge on any atom is 0.342 e. The number of hydrogen-bond acceptors (Lipinski definition) is 6. The van der Waals surface area contributed by atoms with E-state index in [9.17, 15) is 24.5 Å². The Morgan fingerprint density at radius 1 is 1.29 bits per heavy atom. The zero-order valence-electron chi connectivity index (χ0n) is 17.3. The summed E-state index contributed by atoms with van der Waals surface area (Å²) in [5.74, 6) is -1.48. The highest BCUT2D eigenvalue weighted by molar-refractivity contribution is 6.32. The maximum absolute atomic E-state index is 13.5. The molecular formula is C23H25ClFNO5. The quantitative estimate of drug-likeness (QED) is 0.498. The molecule has 0 aromatic heterocycles. The highest BCUT2D eigenvalue weighted by Crippen LogP contribution is 2.62. The summed E-state index contributed by atoms with van der Waals surface area (Å²) in [5.41, 5.74) is -0.593. The first kappa shape index (κ1) is 21.7. The van der Waals surface area contributed by atoms with Crippen LogP contribution >= 0.6 is 11.6 Å². The summed E-state index contributed by atoms with van der Waals surface area (Å²) in [6, 6.07) is 6.51. The molecule has 166 valence electrons. The third-order valence-electron chi connectivity index (χ3n) is 7.10. The Labute approximate surface area is 184 Å². The minimum atomic E-state index is -0.952. The number of carbonyl (C=O) groups excluding carboxylic acids is 1. The van der Waals surface area contributed by atoms with Gasteiger partial charge in [0.05, 0.1) is 11.1 Å². The van der Waals surface area contributed by atoms with Gasteiger partial charge in [-0.05, 0) is 49.4 Å². The number of fused-ring (bicyclic) bond motifs is 2. The van der Waals surface area contributed by atoms with Gasteiger partial charge in [0, 0.05) is 29.3 Å². The van der Waals surface area contributed by atoms with Gasteiger partial charge in [-0.3, -0.25) is 0 Å². The Kier molecular flexibility index (Phi) is 5.30. The van der Waals surface area contributed by atoms with Crippen LogP contribution < -0.4 is 5.32 Å². The molecule has 4 N–H and O–H groups in total. The van der Waals surface area contributed by atoms with Gasteiger partial charge in [-0.25, -0.2) is 9.18 Å². The van der Waals surface area contributed by atoms with Crippen LogP contribution in [-0.4, -0.2) is 33.0 Å². The van der Waals surface area contributed by atoms with Crippen molar-refractivity contribution in [2.45, 2.75) is 51.4 Å². The zero-order chi connectivity index (χ0) is 22.6. The summed E-state index contributed by atoms with van der Waals surface area (Å²) in [5, 5.41) is 33.8. The number of phenolic OH excluding ortho intramolecular Hbond substituents is 2. The van der Waals surface area contributed by atoms with Gasteiger partial charge in [0.25, 0.3) is 0 Å². The standard InChI is InChI=1S/C23H25ClFNO5/c1-22(2)13-5-6-23(22,19(28)8-13)31-21(30)16-4-3-15(10-18(16)27)26-11-12-7-14(25)9-17(24)20(12)29/h3-4,7,9-10,13,19,26-29H,5-6,8,11H2,1-2H3. The van der Waals surface area contributed by atoms with Gasteiger partial charge in [-0.1, -0.05) is 25.4 Å². The summed E-state index contributed by atoms with van der Waals surface area (Å²) >= 11 is 5.78. The number of phenols is 2. The van der Waals surface area contributed by atoms with E-state index < -0.39 is 23.5 Å². The van der Waals surface area contributed by atoms with Gasteiger partial charge in [0.15, 0.2) is 0 Å². The van der Waals surface area contributed by atoms with E-state index in [-0.39, 0.29) is 39.6 Å². The number of aliphatic hydroxyl groups is 1. The Hall–Kier alpha value is -2.51. The van der Waals surface area contributed by atoms with Crippen molar-refractivity contribution in [2.24, 2.45) is 11.3 Å². The fraction of sp³-hybridized carbons (Fsp3) is 0.435. The average molecular weight is 450 g/mol. The van der Waals surface area contributed by atoms with E-state index in [4.69, 9.17) is 16.3 Å². The number of benzene rings is 2. The molecular weight excluding hydrogens is 425 g/mol. The lowest BCUT2D eigenvalue weighted by Gasteiger charge is -2.39. The van der Waals surface area contributed by atoms with Gasteiger partial charge in [-0.2, -0.15) is 0 Å². The minimum Gasteiger partial charge on any atom is -0.507 e. The number of aromatic hydroxyl groups is 2. The van der Waals surface area contributed by atoms with Crippen molar-refractivity contribution < 1.29 is 29.2 Å². The van der Waals surface area contributed by atoms with Crippen molar-refractivity contribution in [3.05, 3.63) is 52.3 Å². The fourth-order valence-electron chi connectivity index (χ4n) is 5.12. The predicted molar refractivity (Wildman–Crippen MR) is 114 cm³/mol. The second kappa shape index (κ2) is 7.57. The molecule has 8 heteroatoms. The van der Waals surface area contributed by atoms with E-state index in [2.05, 4.69) is 5.32 Å². The SMILES string of the molecule is CC1(C)C2CCC1(OC(=O)c1ccc(NCc3cc(F)cc(Cl)c3O)cc1O)C(O)C2. The molecule has 6 nitrogen and oxygen atoms in total. The molecule has 2 saturated carbocycles. The van der Waals surface area contributed by atoms with Crippen LogP contribution in [0.25, 0.3) is 0 Å². The topological polar surface area (TPSA) is 99.0 Å². The molecule has 2 aliphatic carbocycles. The van der Waals surface area contributed by atoms with Gasteiger partial charge in [-0.15, -0.1) is 0 Å². The van der Waals surface area contributed by atoms with Crippen LogP contribution in [0.3, 0.4) is 0 Å². The summed E-state index contributed by atoms with van der Waals surface area (Å²) < 4.78 is 19.4. The normalized spacial score (nSPS) is 26.1. The second-order valence-electron chi connectivity index (χ2n) is 8.97. The van der Waals surface area contributed by atoms with Crippen molar-refractivity contribution in [1.82, 2.24) is 0 Å². The molecule has 2 aliphatic rings. The molecule has 0 radical (unpaired) electrons. The van der Waals surface area contributed by atoms with Gasteiger partial charge >= 0.3 is 5.97 Å². The van der Waals surface area contributed by atoms with Crippen LogP contribution in [0, 0.1) is 17.2 Å². The first-order valence-corrected chi connectivity index (χ1v) is 10.6. The van der Waals surface area contributed by atoms with Crippen LogP contribution in [0.15, 0.2) is 30.3 Å². The maximum atomic E-state index is 13.5. The average Bonchev–Trinajstić information content (AvgIpc) is 3.04.